The first-order chi connectivity index (χ1) is 9.53. The predicted molar refractivity (Wildman–Crippen MR) is 79.7 cm³/mol. The topological polar surface area (TPSA) is 76.5 Å². The number of carbonyl (C=O) groups excluding carboxylic acids is 2. The molecule has 0 aliphatic heterocycles. The number of ketones is 1. The van der Waals surface area contributed by atoms with Gasteiger partial charge in [-0.15, -0.1) is 23.5 Å². The fraction of sp³-hybridized carbons (Fsp3) is 0.462. The van der Waals surface area contributed by atoms with Gasteiger partial charge in [-0.2, -0.15) is 0 Å². The Morgan fingerprint density at radius 3 is 2.55 bits per heavy atom. The Balaban J connectivity index is 2.89. The number of rotatable bonds is 7. The second kappa shape index (κ2) is 8.16. The molecule has 0 aromatic carbocycles. The van der Waals surface area contributed by atoms with Gasteiger partial charge in [0.2, 0.25) is 0 Å². The summed E-state index contributed by atoms with van der Waals surface area (Å²) >= 11 is 2.73. The number of ether oxygens (including phenoxy) is 1. The molecule has 0 aliphatic carbocycles. The molecular weight excluding hydrogens is 298 g/mol. The first kappa shape index (κ1) is 16.8. The van der Waals surface area contributed by atoms with Gasteiger partial charge >= 0.3 is 5.97 Å². The average molecular weight is 315 g/mol. The third kappa shape index (κ3) is 4.42. The Morgan fingerprint density at radius 2 is 2.00 bits per heavy atom. The standard InChI is InChI=1S/C13H17NO4S2/c1-4-18-11(16)6-5-8(15)12-13(17)9(19-2)7-10(14-12)20-3/h7,17H,4-6H2,1-3H3. The highest BCUT2D eigenvalue weighted by Gasteiger charge is 2.19. The normalized spacial score (nSPS) is 10.3. The van der Waals surface area contributed by atoms with Crippen LogP contribution in [-0.4, -0.2) is 41.0 Å². The minimum Gasteiger partial charge on any atom is -0.504 e. The van der Waals surface area contributed by atoms with Crippen molar-refractivity contribution in [1.29, 1.82) is 0 Å². The third-order valence-electron chi connectivity index (χ3n) is 2.49. The van der Waals surface area contributed by atoms with Crippen LogP contribution in [0.4, 0.5) is 0 Å². The fourth-order valence-electron chi connectivity index (χ4n) is 1.51. The number of pyridine rings is 1. The van der Waals surface area contributed by atoms with Crippen LogP contribution >= 0.6 is 23.5 Å². The summed E-state index contributed by atoms with van der Waals surface area (Å²) in [5.74, 6) is -0.905. The third-order valence-corrected chi connectivity index (χ3v) is 3.87. The maximum atomic E-state index is 12.1. The van der Waals surface area contributed by atoms with Gasteiger partial charge in [0.15, 0.2) is 17.2 Å². The number of hydrogen-bond donors (Lipinski definition) is 1. The van der Waals surface area contributed by atoms with Crippen LogP contribution in [0.3, 0.4) is 0 Å². The molecule has 7 heteroatoms. The highest BCUT2D eigenvalue weighted by Crippen LogP contribution is 2.33. The lowest BCUT2D eigenvalue weighted by molar-refractivity contribution is -0.143. The zero-order valence-electron chi connectivity index (χ0n) is 11.6. The molecule has 1 N–H and O–H groups in total. The summed E-state index contributed by atoms with van der Waals surface area (Å²) in [6.07, 6.45) is 3.62. The average Bonchev–Trinajstić information content (AvgIpc) is 2.45. The number of thioether (sulfide) groups is 2. The van der Waals surface area contributed by atoms with Crippen molar-refractivity contribution in [3.63, 3.8) is 0 Å². The summed E-state index contributed by atoms with van der Waals surface area (Å²) in [5.41, 5.74) is 0.0190. The van der Waals surface area contributed by atoms with Gasteiger partial charge in [-0.25, -0.2) is 4.98 Å². The van der Waals surface area contributed by atoms with Crippen LogP contribution in [0.15, 0.2) is 16.0 Å². The van der Waals surface area contributed by atoms with Crippen LogP contribution in [-0.2, 0) is 9.53 Å². The first-order valence-corrected chi connectivity index (χ1v) is 8.49. The summed E-state index contributed by atoms with van der Waals surface area (Å²) in [6, 6.07) is 1.73. The Kier molecular flexibility index (Phi) is 6.87. The van der Waals surface area contributed by atoms with Gasteiger partial charge in [0.25, 0.3) is 0 Å². The van der Waals surface area contributed by atoms with Gasteiger partial charge in [-0.3, -0.25) is 9.59 Å². The quantitative estimate of drug-likeness (QED) is 0.471. The van der Waals surface area contributed by atoms with E-state index in [1.54, 1.807) is 13.0 Å². The van der Waals surface area contributed by atoms with Crippen molar-refractivity contribution in [1.82, 2.24) is 4.98 Å². The maximum absolute atomic E-state index is 12.1. The molecule has 0 spiro atoms. The summed E-state index contributed by atoms with van der Waals surface area (Å²) < 4.78 is 4.77. The lowest BCUT2D eigenvalue weighted by Gasteiger charge is -2.09. The molecule has 5 nitrogen and oxygen atoms in total. The molecule has 1 heterocycles. The van der Waals surface area contributed by atoms with Gasteiger partial charge in [-0.1, -0.05) is 0 Å². The van der Waals surface area contributed by atoms with E-state index in [1.807, 2.05) is 12.5 Å². The smallest absolute Gasteiger partial charge is 0.306 e. The SMILES string of the molecule is CCOC(=O)CCC(=O)c1nc(SC)cc(SC)c1O. The van der Waals surface area contributed by atoms with Crippen molar-refractivity contribution in [3.8, 4) is 5.75 Å². The predicted octanol–water partition coefficient (Wildman–Crippen LogP) is 2.76. The number of aromatic hydroxyl groups is 1. The molecule has 0 amide bonds. The number of hydrogen-bond acceptors (Lipinski definition) is 7. The monoisotopic (exact) mass is 315 g/mol. The largest absolute Gasteiger partial charge is 0.504 e. The molecule has 1 rings (SSSR count). The van der Waals surface area contributed by atoms with Crippen LogP contribution in [0.5, 0.6) is 5.75 Å². The van der Waals surface area contributed by atoms with Crippen molar-refractivity contribution in [2.75, 3.05) is 19.1 Å². The molecule has 0 unspecified atom stereocenters. The maximum Gasteiger partial charge on any atom is 0.306 e. The lowest BCUT2D eigenvalue weighted by atomic mass is 10.1. The highest BCUT2D eigenvalue weighted by molar-refractivity contribution is 7.99. The van der Waals surface area contributed by atoms with E-state index < -0.39 is 5.97 Å². The van der Waals surface area contributed by atoms with Crippen LogP contribution in [0, 0.1) is 0 Å². The van der Waals surface area contributed by atoms with E-state index in [0.717, 1.165) is 0 Å². The van der Waals surface area contributed by atoms with Crippen molar-refractivity contribution in [2.24, 2.45) is 0 Å². The Hall–Kier alpha value is -1.21. The van der Waals surface area contributed by atoms with Gasteiger partial charge in [0.05, 0.1) is 22.9 Å². The molecule has 20 heavy (non-hydrogen) atoms. The highest BCUT2D eigenvalue weighted by atomic mass is 32.2. The molecule has 0 fully saturated rings. The molecule has 0 aliphatic rings. The second-order valence-electron chi connectivity index (χ2n) is 3.79. The molecule has 0 saturated carbocycles. The van der Waals surface area contributed by atoms with Gasteiger partial charge in [-0.05, 0) is 25.5 Å². The molecule has 110 valence electrons. The zero-order chi connectivity index (χ0) is 15.1. The number of carbonyl (C=O) groups is 2. The Labute approximate surface area is 126 Å². The van der Waals surface area contributed by atoms with Crippen LogP contribution < -0.4 is 0 Å². The fourth-order valence-corrected chi connectivity index (χ4v) is 2.53. The lowest BCUT2D eigenvalue weighted by Crippen LogP contribution is -2.09. The van der Waals surface area contributed by atoms with E-state index in [2.05, 4.69) is 4.98 Å². The number of nitrogens with zero attached hydrogens (tertiary/aromatic N) is 1. The summed E-state index contributed by atoms with van der Waals surface area (Å²) in [5, 5.41) is 10.7. The minimum atomic E-state index is -0.425. The van der Waals surface area contributed by atoms with Crippen LogP contribution in [0.1, 0.15) is 30.3 Å². The summed E-state index contributed by atoms with van der Waals surface area (Å²) in [6.45, 7) is 1.99. The van der Waals surface area contributed by atoms with E-state index >= 15 is 0 Å². The molecule has 1 aromatic heterocycles. The van der Waals surface area contributed by atoms with Gasteiger partial charge < -0.3 is 9.84 Å². The zero-order valence-corrected chi connectivity index (χ0v) is 13.3. The van der Waals surface area contributed by atoms with Crippen molar-refractivity contribution >= 4 is 35.3 Å². The van der Waals surface area contributed by atoms with Gasteiger partial charge in [0, 0.05) is 6.42 Å². The molecule has 0 atom stereocenters. The molecule has 0 saturated heterocycles. The Bertz CT molecular complexity index is 505. The van der Waals surface area contributed by atoms with E-state index in [1.165, 1.54) is 23.5 Å². The molecular formula is C13H17NO4S2. The second-order valence-corrected chi connectivity index (χ2v) is 5.47. The van der Waals surface area contributed by atoms with Gasteiger partial charge in [0.1, 0.15) is 0 Å². The van der Waals surface area contributed by atoms with Crippen molar-refractivity contribution in [3.05, 3.63) is 11.8 Å². The number of Topliss-reactive ketones (excluding diaryl/α,β-unsaturated/α-hetero) is 1. The van der Waals surface area contributed by atoms with Crippen LogP contribution in [0.25, 0.3) is 0 Å². The summed E-state index contributed by atoms with van der Waals surface area (Å²) in [4.78, 5) is 28.0. The van der Waals surface area contributed by atoms with E-state index in [0.29, 0.717) is 9.92 Å². The molecule has 0 bridgehead atoms. The minimum absolute atomic E-state index is 0.00805. The summed E-state index contributed by atoms with van der Waals surface area (Å²) in [7, 11) is 0. The van der Waals surface area contributed by atoms with E-state index in [9.17, 15) is 14.7 Å². The molecule has 1 aromatic rings. The van der Waals surface area contributed by atoms with Crippen molar-refractivity contribution < 1.29 is 19.4 Å². The van der Waals surface area contributed by atoms with E-state index in [4.69, 9.17) is 4.74 Å². The first-order valence-electron chi connectivity index (χ1n) is 6.04. The number of esters is 1. The van der Waals surface area contributed by atoms with Crippen LogP contribution in [0.2, 0.25) is 0 Å². The Morgan fingerprint density at radius 1 is 1.30 bits per heavy atom. The van der Waals surface area contributed by atoms with Crippen molar-refractivity contribution in [2.45, 2.75) is 29.7 Å². The van der Waals surface area contributed by atoms with E-state index in [-0.39, 0.29) is 36.7 Å². The molecule has 0 radical (unpaired) electrons. The number of aromatic nitrogens is 1.